The number of nitrogens with zero attached hydrogens (tertiary/aromatic N) is 3. The molecule has 7 heteroatoms. The number of halogens is 2. The van der Waals surface area contributed by atoms with Gasteiger partial charge in [0.1, 0.15) is 5.69 Å². The first-order chi connectivity index (χ1) is 10.0. The second-order valence-electron chi connectivity index (χ2n) is 4.37. The minimum atomic E-state index is -2.81. The van der Waals surface area contributed by atoms with E-state index < -0.39 is 18.0 Å². The maximum absolute atomic E-state index is 13.3. The summed E-state index contributed by atoms with van der Waals surface area (Å²) in [5.74, 6) is -0.660. The van der Waals surface area contributed by atoms with Crippen molar-refractivity contribution >= 4 is 5.91 Å². The number of rotatable bonds is 5. The fourth-order valence-electron chi connectivity index (χ4n) is 1.92. The molecule has 0 saturated heterocycles. The molecule has 0 N–H and O–H groups in total. The van der Waals surface area contributed by atoms with Crippen LogP contribution in [0.2, 0.25) is 0 Å². The lowest BCUT2D eigenvalue weighted by Crippen LogP contribution is -2.26. The van der Waals surface area contributed by atoms with Crippen LogP contribution in [0.1, 0.15) is 28.0 Å². The smallest absolute Gasteiger partial charge is 0.274 e. The molecule has 0 radical (unpaired) electrons. The summed E-state index contributed by atoms with van der Waals surface area (Å²) in [6.45, 7) is 0.171. The van der Waals surface area contributed by atoms with Gasteiger partial charge in [-0.15, -0.1) is 0 Å². The summed E-state index contributed by atoms with van der Waals surface area (Å²) in [4.78, 5) is 16.7. The van der Waals surface area contributed by atoms with Gasteiger partial charge in [-0.3, -0.25) is 14.3 Å². The Labute approximate surface area is 120 Å². The van der Waals surface area contributed by atoms with Crippen molar-refractivity contribution in [2.75, 3.05) is 14.2 Å². The molecule has 2 aromatic rings. The molecular formula is C14H15F2N3O2. The highest BCUT2D eigenvalue weighted by atomic mass is 19.3. The van der Waals surface area contributed by atoms with Gasteiger partial charge in [0.15, 0.2) is 0 Å². The summed E-state index contributed by atoms with van der Waals surface area (Å²) in [5, 5.41) is 4.79. The molecule has 1 heterocycles. The van der Waals surface area contributed by atoms with Gasteiger partial charge >= 0.3 is 0 Å². The van der Waals surface area contributed by atoms with Crippen molar-refractivity contribution in [1.29, 1.82) is 0 Å². The van der Waals surface area contributed by atoms with E-state index in [0.717, 1.165) is 21.5 Å². The normalized spacial score (nSPS) is 10.9. The van der Waals surface area contributed by atoms with Gasteiger partial charge < -0.3 is 0 Å². The highest BCUT2D eigenvalue weighted by molar-refractivity contribution is 5.94. The molecule has 0 aliphatic heterocycles. The van der Waals surface area contributed by atoms with Crippen LogP contribution in [0.5, 0.6) is 0 Å². The van der Waals surface area contributed by atoms with Crippen LogP contribution in [-0.4, -0.2) is 34.9 Å². The number of aromatic nitrogens is 2. The van der Waals surface area contributed by atoms with Gasteiger partial charge in [0.05, 0.1) is 25.4 Å². The number of hydrogen-bond acceptors (Lipinski definition) is 3. The number of benzene rings is 1. The van der Waals surface area contributed by atoms with E-state index in [9.17, 15) is 13.6 Å². The van der Waals surface area contributed by atoms with Gasteiger partial charge in [0.2, 0.25) is 0 Å². The van der Waals surface area contributed by atoms with Gasteiger partial charge in [-0.1, -0.05) is 30.3 Å². The topological polar surface area (TPSA) is 47.4 Å². The maximum atomic E-state index is 13.3. The second-order valence-corrected chi connectivity index (χ2v) is 4.37. The van der Waals surface area contributed by atoms with Crippen molar-refractivity contribution in [1.82, 2.24) is 14.8 Å². The Bertz CT molecular complexity index is 614. The van der Waals surface area contributed by atoms with E-state index >= 15 is 0 Å². The van der Waals surface area contributed by atoms with E-state index in [1.807, 2.05) is 18.2 Å². The van der Waals surface area contributed by atoms with Crippen LogP contribution in [0.3, 0.4) is 0 Å². The quantitative estimate of drug-likeness (QED) is 0.796. The molecule has 0 fully saturated rings. The molecule has 1 aromatic heterocycles. The number of amides is 1. The van der Waals surface area contributed by atoms with Gasteiger partial charge in [-0.05, 0) is 5.56 Å². The molecule has 0 bridgehead atoms. The predicted octanol–water partition coefficient (Wildman–Crippen LogP) is 2.50. The molecule has 21 heavy (non-hydrogen) atoms. The summed E-state index contributed by atoms with van der Waals surface area (Å²) in [6, 6.07) is 9.07. The standard InChI is InChI=1S/C14H15F2N3O2/c1-18(21-2)14(20)11-8-17-19(12(11)13(15)16)9-10-6-4-3-5-7-10/h3-8,13H,9H2,1-2H3. The van der Waals surface area contributed by atoms with Crippen LogP contribution >= 0.6 is 0 Å². The number of alkyl halides is 2. The molecule has 0 aliphatic rings. The van der Waals surface area contributed by atoms with Gasteiger partial charge in [-0.25, -0.2) is 13.8 Å². The lowest BCUT2D eigenvalue weighted by Gasteiger charge is -2.14. The molecule has 0 spiro atoms. The lowest BCUT2D eigenvalue weighted by atomic mass is 10.2. The Kier molecular flexibility index (Phi) is 4.64. The minimum Gasteiger partial charge on any atom is -0.274 e. The summed E-state index contributed by atoms with van der Waals surface area (Å²) in [6.07, 6.45) is -1.66. The highest BCUT2D eigenvalue weighted by Crippen LogP contribution is 2.24. The van der Waals surface area contributed by atoms with Gasteiger partial charge in [0, 0.05) is 7.05 Å². The largest absolute Gasteiger partial charge is 0.280 e. The second kappa shape index (κ2) is 6.45. The average Bonchev–Trinajstić information content (AvgIpc) is 2.90. The zero-order chi connectivity index (χ0) is 15.4. The van der Waals surface area contributed by atoms with Crippen molar-refractivity contribution in [3.63, 3.8) is 0 Å². The Morgan fingerprint density at radius 1 is 1.38 bits per heavy atom. The fourth-order valence-corrected chi connectivity index (χ4v) is 1.92. The first kappa shape index (κ1) is 15.1. The number of carbonyl (C=O) groups excluding carboxylic acids is 1. The van der Waals surface area contributed by atoms with E-state index in [-0.39, 0.29) is 12.1 Å². The molecule has 112 valence electrons. The van der Waals surface area contributed by atoms with Crippen molar-refractivity contribution in [2.45, 2.75) is 13.0 Å². The van der Waals surface area contributed by atoms with E-state index in [2.05, 4.69) is 5.10 Å². The van der Waals surface area contributed by atoms with Crippen LogP contribution in [0, 0.1) is 0 Å². The van der Waals surface area contributed by atoms with E-state index in [1.54, 1.807) is 12.1 Å². The van der Waals surface area contributed by atoms with Crippen molar-refractivity contribution < 1.29 is 18.4 Å². The van der Waals surface area contributed by atoms with Crippen LogP contribution in [-0.2, 0) is 11.4 Å². The van der Waals surface area contributed by atoms with E-state index in [0.29, 0.717) is 0 Å². The van der Waals surface area contributed by atoms with Gasteiger partial charge in [0.25, 0.3) is 12.3 Å². The molecule has 2 rings (SSSR count). The third-order valence-corrected chi connectivity index (χ3v) is 3.05. The Hall–Kier alpha value is -2.28. The number of hydroxylamine groups is 2. The number of hydrogen-bond donors (Lipinski definition) is 0. The predicted molar refractivity (Wildman–Crippen MR) is 71.8 cm³/mol. The fraction of sp³-hybridized carbons (Fsp3) is 0.286. The third kappa shape index (κ3) is 3.25. The molecule has 0 aliphatic carbocycles. The third-order valence-electron chi connectivity index (χ3n) is 3.05. The molecule has 1 amide bonds. The minimum absolute atomic E-state index is 0.162. The summed E-state index contributed by atoms with van der Waals surface area (Å²) in [5.41, 5.74) is 0.250. The van der Waals surface area contributed by atoms with Gasteiger partial charge in [-0.2, -0.15) is 5.10 Å². The van der Waals surface area contributed by atoms with Crippen molar-refractivity contribution in [2.24, 2.45) is 0 Å². The maximum Gasteiger partial charge on any atom is 0.280 e. The van der Waals surface area contributed by atoms with Crippen LogP contribution in [0.4, 0.5) is 8.78 Å². The van der Waals surface area contributed by atoms with E-state index in [4.69, 9.17) is 4.84 Å². The van der Waals surface area contributed by atoms with Crippen LogP contribution < -0.4 is 0 Å². The Morgan fingerprint density at radius 2 is 2.05 bits per heavy atom. The molecule has 0 atom stereocenters. The molecular weight excluding hydrogens is 280 g/mol. The summed E-state index contributed by atoms with van der Waals surface area (Å²) in [7, 11) is 2.64. The average molecular weight is 295 g/mol. The summed E-state index contributed by atoms with van der Waals surface area (Å²) >= 11 is 0. The first-order valence-corrected chi connectivity index (χ1v) is 6.24. The molecule has 0 unspecified atom stereocenters. The highest BCUT2D eigenvalue weighted by Gasteiger charge is 2.26. The van der Waals surface area contributed by atoms with Crippen LogP contribution in [0.15, 0.2) is 36.5 Å². The Balaban J connectivity index is 2.35. The van der Waals surface area contributed by atoms with Crippen LogP contribution in [0.25, 0.3) is 0 Å². The Morgan fingerprint density at radius 3 is 2.62 bits per heavy atom. The SMILES string of the molecule is CON(C)C(=O)c1cnn(Cc2ccccc2)c1C(F)F. The van der Waals surface area contributed by atoms with Crippen molar-refractivity contribution in [3.05, 3.63) is 53.3 Å². The first-order valence-electron chi connectivity index (χ1n) is 6.24. The molecule has 0 saturated carbocycles. The monoisotopic (exact) mass is 295 g/mol. The van der Waals surface area contributed by atoms with E-state index in [1.165, 1.54) is 14.2 Å². The zero-order valence-corrected chi connectivity index (χ0v) is 11.7. The number of carbonyl (C=O) groups is 1. The molecule has 1 aromatic carbocycles. The zero-order valence-electron chi connectivity index (χ0n) is 11.7. The van der Waals surface area contributed by atoms with Crippen molar-refractivity contribution in [3.8, 4) is 0 Å². The molecule has 5 nitrogen and oxygen atoms in total. The summed E-state index contributed by atoms with van der Waals surface area (Å²) < 4.78 is 27.7. The lowest BCUT2D eigenvalue weighted by molar-refractivity contribution is -0.0759.